The molecule has 0 spiro atoms. The first-order chi connectivity index (χ1) is 11.6. The van der Waals surface area contributed by atoms with E-state index in [1.165, 1.54) is 0 Å². The van der Waals surface area contributed by atoms with Crippen molar-refractivity contribution in [3.8, 4) is 0 Å². The van der Waals surface area contributed by atoms with Crippen LogP contribution >= 0.6 is 0 Å². The summed E-state index contributed by atoms with van der Waals surface area (Å²) in [4.78, 5) is 14.4. The van der Waals surface area contributed by atoms with Crippen molar-refractivity contribution in [2.24, 2.45) is 11.8 Å². The van der Waals surface area contributed by atoms with Gasteiger partial charge in [-0.1, -0.05) is 44.2 Å². The predicted octanol–water partition coefficient (Wildman–Crippen LogP) is 2.90. The summed E-state index contributed by atoms with van der Waals surface area (Å²) in [5.41, 5.74) is 1.07. The Hall–Kier alpha value is -2.17. The van der Waals surface area contributed by atoms with Gasteiger partial charge in [0, 0.05) is 25.9 Å². The minimum absolute atomic E-state index is 0.203. The van der Waals surface area contributed by atoms with Crippen molar-refractivity contribution in [1.29, 1.82) is 0 Å². The van der Waals surface area contributed by atoms with Gasteiger partial charge < -0.3 is 9.32 Å². The van der Waals surface area contributed by atoms with Crippen molar-refractivity contribution in [1.82, 2.24) is 15.1 Å². The molecule has 5 nitrogen and oxygen atoms in total. The van der Waals surface area contributed by atoms with E-state index in [4.69, 9.17) is 4.42 Å². The van der Waals surface area contributed by atoms with Gasteiger partial charge >= 0.3 is 0 Å². The Morgan fingerprint density at radius 2 is 2.00 bits per heavy atom. The first-order valence-electron chi connectivity index (χ1n) is 8.73. The van der Waals surface area contributed by atoms with Crippen LogP contribution in [0.5, 0.6) is 0 Å². The van der Waals surface area contributed by atoms with Crippen molar-refractivity contribution in [2.75, 3.05) is 13.1 Å². The van der Waals surface area contributed by atoms with Gasteiger partial charge in [-0.2, -0.15) is 0 Å². The van der Waals surface area contributed by atoms with Gasteiger partial charge in [0.15, 0.2) is 0 Å². The molecular formula is C19H25N3O2. The molecule has 1 aliphatic rings. The van der Waals surface area contributed by atoms with Crippen molar-refractivity contribution >= 4 is 5.91 Å². The number of rotatable bonds is 6. The summed E-state index contributed by atoms with van der Waals surface area (Å²) in [5.74, 6) is 2.55. The van der Waals surface area contributed by atoms with Crippen molar-refractivity contribution < 1.29 is 9.21 Å². The molecule has 128 valence electrons. The number of nitrogens with zero attached hydrogens (tertiary/aromatic N) is 3. The first-order valence-corrected chi connectivity index (χ1v) is 8.73. The molecule has 0 radical (unpaired) electrons. The lowest BCUT2D eigenvalue weighted by atomic mass is 10.1. The van der Waals surface area contributed by atoms with Crippen molar-refractivity contribution in [3.63, 3.8) is 0 Å². The zero-order valence-corrected chi connectivity index (χ0v) is 14.4. The minimum Gasteiger partial charge on any atom is -0.425 e. The highest BCUT2D eigenvalue weighted by atomic mass is 16.4. The number of hydrogen-bond donors (Lipinski definition) is 0. The summed E-state index contributed by atoms with van der Waals surface area (Å²) in [5, 5.41) is 8.26. The summed E-state index contributed by atoms with van der Waals surface area (Å²) in [6, 6.07) is 9.91. The Bertz CT molecular complexity index is 666. The van der Waals surface area contributed by atoms with Crippen LogP contribution in [-0.4, -0.2) is 34.1 Å². The Kier molecular flexibility index (Phi) is 5.28. The van der Waals surface area contributed by atoms with Crippen LogP contribution in [0.2, 0.25) is 0 Å². The topological polar surface area (TPSA) is 59.2 Å². The summed E-state index contributed by atoms with van der Waals surface area (Å²) in [7, 11) is 0. The molecule has 2 aromatic rings. The molecular weight excluding hydrogens is 302 g/mol. The molecule has 24 heavy (non-hydrogen) atoms. The molecule has 2 heterocycles. The molecule has 1 aromatic carbocycles. The van der Waals surface area contributed by atoms with E-state index < -0.39 is 0 Å². The zero-order chi connectivity index (χ0) is 16.9. The highest BCUT2D eigenvalue weighted by Gasteiger charge is 2.27. The van der Waals surface area contributed by atoms with Crippen LogP contribution < -0.4 is 0 Å². The van der Waals surface area contributed by atoms with Crippen LogP contribution in [0, 0.1) is 11.8 Å². The van der Waals surface area contributed by atoms with Crippen LogP contribution in [0.15, 0.2) is 34.7 Å². The Morgan fingerprint density at radius 1 is 1.25 bits per heavy atom. The number of aromatic nitrogens is 2. The fraction of sp³-hybridized carbons (Fsp3) is 0.526. The highest BCUT2D eigenvalue weighted by Crippen LogP contribution is 2.21. The second-order valence-corrected chi connectivity index (χ2v) is 7.05. The Labute approximate surface area is 143 Å². The molecule has 1 fully saturated rings. The van der Waals surface area contributed by atoms with E-state index in [1.807, 2.05) is 35.2 Å². The van der Waals surface area contributed by atoms with E-state index in [9.17, 15) is 4.79 Å². The summed E-state index contributed by atoms with van der Waals surface area (Å²) in [6.07, 6.45) is 3.06. The van der Waals surface area contributed by atoms with Gasteiger partial charge in [-0.25, -0.2) is 0 Å². The third-order valence-corrected chi connectivity index (χ3v) is 4.39. The maximum Gasteiger partial charge on any atom is 0.226 e. The Balaban J connectivity index is 1.50. The maximum absolute atomic E-state index is 12.4. The van der Waals surface area contributed by atoms with Gasteiger partial charge in [0.05, 0.1) is 6.42 Å². The van der Waals surface area contributed by atoms with Crippen molar-refractivity contribution in [3.05, 3.63) is 47.7 Å². The molecule has 1 amide bonds. The zero-order valence-electron chi connectivity index (χ0n) is 14.4. The fourth-order valence-electron chi connectivity index (χ4n) is 3.16. The summed E-state index contributed by atoms with van der Waals surface area (Å²) < 4.78 is 5.72. The van der Waals surface area contributed by atoms with Crippen molar-refractivity contribution in [2.45, 2.75) is 39.5 Å². The smallest absolute Gasteiger partial charge is 0.226 e. The van der Waals surface area contributed by atoms with E-state index in [0.717, 1.165) is 43.8 Å². The second kappa shape index (κ2) is 7.60. The minimum atomic E-state index is 0.203. The standard InChI is InChI=1S/C19H25N3O2/c1-14(2)10-17-20-21-18(24-17)11-16-8-9-22(13-16)19(23)12-15-6-4-3-5-7-15/h3-7,14,16H,8-13H2,1-2H3. The Morgan fingerprint density at radius 3 is 2.75 bits per heavy atom. The van der Waals surface area contributed by atoms with E-state index in [2.05, 4.69) is 24.0 Å². The first kappa shape index (κ1) is 16.7. The molecule has 1 atom stereocenters. The fourth-order valence-corrected chi connectivity index (χ4v) is 3.16. The lowest BCUT2D eigenvalue weighted by Crippen LogP contribution is -2.30. The number of amides is 1. The van der Waals surface area contributed by atoms with E-state index in [0.29, 0.717) is 24.1 Å². The van der Waals surface area contributed by atoms with Gasteiger partial charge in [-0.15, -0.1) is 10.2 Å². The highest BCUT2D eigenvalue weighted by molar-refractivity contribution is 5.79. The monoisotopic (exact) mass is 327 g/mol. The molecule has 0 bridgehead atoms. The number of benzene rings is 1. The molecule has 1 unspecified atom stereocenters. The van der Waals surface area contributed by atoms with Crippen LogP contribution in [-0.2, 0) is 24.1 Å². The van der Waals surface area contributed by atoms with Crippen LogP contribution in [0.25, 0.3) is 0 Å². The molecule has 1 aromatic heterocycles. The maximum atomic E-state index is 12.4. The third-order valence-electron chi connectivity index (χ3n) is 4.39. The van der Waals surface area contributed by atoms with E-state index >= 15 is 0 Å². The largest absolute Gasteiger partial charge is 0.425 e. The van der Waals surface area contributed by atoms with Gasteiger partial charge in [-0.3, -0.25) is 4.79 Å². The predicted molar refractivity (Wildman–Crippen MR) is 91.4 cm³/mol. The number of carbonyl (C=O) groups excluding carboxylic acids is 1. The average Bonchev–Trinajstić information content (AvgIpc) is 3.18. The van der Waals surface area contributed by atoms with Gasteiger partial charge in [-0.05, 0) is 23.8 Å². The van der Waals surface area contributed by atoms with Crippen LogP contribution in [0.1, 0.15) is 37.6 Å². The van der Waals surface area contributed by atoms with Crippen LogP contribution in [0.3, 0.4) is 0 Å². The summed E-state index contributed by atoms with van der Waals surface area (Å²) in [6.45, 7) is 5.88. The summed E-state index contributed by atoms with van der Waals surface area (Å²) >= 11 is 0. The molecule has 0 N–H and O–H groups in total. The number of carbonyl (C=O) groups is 1. The second-order valence-electron chi connectivity index (χ2n) is 7.05. The molecule has 5 heteroatoms. The molecule has 1 aliphatic heterocycles. The quantitative estimate of drug-likeness (QED) is 0.818. The van der Waals surface area contributed by atoms with E-state index in [1.54, 1.807) is 0 Å². The number of likely N-dealkylation sites (tertiary alicyclic amines) is 1. The SMILES string of the molecule is CC(C)Cc1nnc(CC2CCN(C(=O)Cc3ccccc3)C2)o1. The molecule has 1 saturated heterocycles. The van der Waals surface area contributed by atoms with Crippen LogP contribution in [0.4, 0.5) is 0 Å². The lowest BCUT2D eigenvalue weighted by Gasteiger charge is -2.16. The normalized spacial score (nSPS) is 17.6. The third kappa shape index (κ3) is 4.43. The average molecular weight is 327 g/mol. The lowest BCUT2D eigenvalue weighted by molar-refractivity contribution is -0.129. The van der Waals surface area contributed by atoms with E-state index in [-0.39, 0.29) is 5.91 Å². The number of hydrogen-bond acceptors (Lipinski definition) is 4. The van der Waals surface area contributed by atoms with Gasteiger partial charge in [0.1, 0.15) is 0 Å². The van der Waals surface area contributed by atoms with Gasteiger partial charge in [0.25, 0.3) is 0 Å². The molecule has 0 aliphatic carbocycles. The van der Waals surface area contributed by atoms with Gasteiger partial charge in [0.2, 0.25) is 17.7 Å². The molecule has 3 rings (SSSR count). The molecule has 0 saturated carbocycles.